The molecule has 3 aromatic rings. The Kier molecular flexibility index (Phi) is 8.11. The fourth-order valence-corrected chi connectivity index (χ4v) is 4.14. The summed E-state index contributed by atoms with van der Waals surface area (Å²) in [6, 6.07) is 12.6. The van der Waals surface area contributed by atoms with E-state index in [1.54, 1.807) is 24.3 Å². The highest BCUT2D eigenvalue weighted by Gasteiger charge is 2.15. The Hall–Kier alpha value is -2.36. The van der Waals surface area contributed by atoms with Crippen LogP contribution < -0.4 is 10.6 Å². The molecule has 162 valence electrons. The van der Waals surface area contributed by atoms with E-state index in [2.05, 4.69) is 36.8 Å². The van der Waals surface area contributed by atoms with Gasteiger partial charge in [0.05, 0.1) is 17.3 Å². The number of anilines is 1. The third kappa shape index (κ3) is 6.32. The number of benzene rings is 2. The molecular weight excluding hydrogens is 502 g/mol. The van der Waals surface area contributed by atoms with Gasteiger partial charge >= 0.3 is 0 Å². The number of halogens is 2. The van der Waals surface area contributed by atoms with Crippen molar-refractivity contribution in [3.63, 3.8) is 0 Å². The summed E-state index contributed by atoms with van der Waals surface area (Å²) in [5.74, 6) is 0.470. The van der Waals surface area contributed by atoms with Gasteiger partial charge in [0.25, 0.3) is 5.91 Å². The van der Waals surface area contributed by atoms with Gasteiger partial charge in [-0.05, 0) is 60.1 Å². The molecule has 0 unspecified atom stereocenters. The van der Waals surface area contributed by atoms with Crippen LogP contribution in [0.15, 0.2) is 52.1 Å². The van der Waals surface area contributed by atoms with Crippen LogP contribution in [0.25, 0.3) is 0 Å². The minimum Gasteiger partial charge on any atom is -0.345 e. The second-order valence-corrected chi connectivity index (χ2v) is 8.86. The van der Waals surface area contributed by atoms with Crippen LogP contribution in [-0.2, 0) is 17.9 Å². The van der Waals surface area contributed by atoms with Crippen molar-refractivity contribution in [1.29, 1.82) is 0 Å². The minimum absolute atomic E-state index is 0.167. The summed E-state index contributed by atoms with van der Waals surface area (Å²) in [6.07, 6.45) is 0. The predicted octanol–water partition coefficient (Wildman–Crippen LogP) is 4.68. The van der Waals surface area contributed by atoms with E-state index in [1.165, 1.54) is 11.8 Å². The van der Waals surface area contributed by atoms with Crippen molar-refractivity contribution in [2.24, 2.45) is 0 Å². The zero-order valence-corrected chi connectivity index (χ0v) is 20.1. The summed E-state index contributed by atoms with van der Waals surface area (Å²) in [6.45, 7) is 4.77. The standard InChI is InChI=1S/C21H21BrClN5O2S/c1-3-28-18(11-24-20(30)14-6-4-5-13(2)9-14)26-27-21(28)31-12-19(29)25-15-7-8-17(23)16(22)10-15/h4-10H,3,11-12H2,1-2H3,(H,24,30)(H,25,29). The number of aryl methyl sites for hydroxylation is 1. The van der Waals surface area contributed by atoms with Crippen molar-refractivity contribution in [1.82, 2.24) is 20.1 Å². The Morgan fingerprint density at radius 3 is 2.71 bits per heavy atom. The fraction of sp³-hybridized carbons (Fsp3) is 0.238. The molecule has 0 saturated heterocycles. The molecule has 0 fully saturated rings. The van der Waals surface area contributed by atoms with E-state index in [0.29, 0.717) is 38.3 Å². The van der Waals surface area contributed by atoms with Gasteiger partial charge in [-0.3, -0.25) is 9.59 Å². The van der Waals surface area contributed by atoms with Crippen molar-refractivity contribution in [2.45, 2.75) is 32.1 Å². The minimum atomic E-state index is -0.169. The first-order valence-electron chi connectivity index (χ1n) is 9.52. The summed E-state index contributed by atoms with van der Waals surface area (Å²) in [5.41, 5.74) is 2.27. The van der Waals surface area contributed by atoms with Crippen LogP contribution in [0.2, 0.25) is 5.02 Å². The predicted molar refractivity (Wildman–Crippen MR) is 127 cm³/mol. The molecule has 0 spiro atoms. The monoisotopic (exact) mass is 521 g/mol. The second kappa shape index (κ2) is 10.8. The molecular formula is C21H21BrClN5O2S. The maximum absolute atomic E-state index is 12.4. The van der Waals surface area contributed by atoms with Crippen molar-refractivity contribution in [3.05, 3.63) is 68.9 Å². The van der Waals surface area contributed by atoms with Gasteiger partial charge in [-0.25, -0.2) is 0 Å². The van der Waals surface area contributed by atoms with Crippen LogP contribution >= 0.6 is 39.3 Å². The number of nitrogens with zero attached hydrogens (tertiary/aromatic N) is 3. The second-order valence-electron chi connectivity index (χ2n) is 6.66. The van der Waals surface area contributed by atoms with E-state index in [-0.39, 0.29) is 24.1 Å². The number of carbonyl (C=O) groups is 2. The molecule has 3 rings (SSSR count). The summed E-state index contributed by atoms with van der Waals surface area (Å²) < 4.78 is 2.59. The molecule has 0 aliphatic rings. The molecule has 0 atom stereocenters. The molecule has 31 heavy (non-hydrogen) atoms. The molecule has 0 aliphatic heterocycles. The topological polar surface area (TPSA) is 88.9 Å². The SMILES string of the molecule is CCn1c(CNC(=O)c2cccc(C)c2)nnc1SCC(=O)Nc1ccc(Cl)c(Br)c1. The number of hydrogen-bond donors (Lipinski definition) is 2. The van der Waals surface area contributed by atoms with Crippen molar-refractivity contribution < 1.29 is 9.59 Å². The first-order valence-corrected chi connectivity index (χ1v) is 11.7. The molecule has 1 aromatic heterocycles. The summed E-state index contributed by atoms with van der Waals surface area (Å²) in [5, 5.41) is 15.2. The van der Waals surface area contributed by atoms with Crippen molar-refractivity contribution >= 4 is 56.8 Å². The normalized spacial score (nSPS) is 10.7. The third-order valence-electron chi connectivity index (χ3n) is 4.33. The lowest BCUT2D eigenvalue weighted by molar-refractivity contribution is -0.113. The van der Waals surface area contributed by atoms with Gasteiger partial charge in [0, 0.05) is 22.3 Å². The number of nitrogens with one attached hydrogen (secondary N) is 2. The Morgan fingerprint density at radius 1 is 1.19 bits per heavy atom. The van der Waals surface area contributed by atoms with E-state index < -0.39 is 0 Å². The van der Waals surface area contributed by atoms with Crippen molar-refractivity contribution in [2.75, 3.05) is 11.1 Å². The molecule has 0 bridgehead atoms. The van der Waals surface area contributed by atoms with Crippen LogP contribution in [0.1, 0.15) is 28.7 Å². The highest BCUT2D eigenvalue weighted by molar-refractivity contribution is 9.10. The molecule has 2 amide bonds. The highest BCUT2D eigenvalue weighted by atomic mass is 79.9. The number of hydrogen-bond acceptors (Lipinski definition) is 5. The maximum atomic E-state index is 12.4. The first kappa shape index (κ1) is 23.3. The van der Waals surface area contributed by atoms with Crippen LogP contribution in [0.3, 0.4) is 0 Å². The maximum Gasteiger partial charge on any atom is 0.251 e. The Labute approximate surface area is 198 Å². The Morgan fingerprint density at radius 2 is 2.00 bits per heavy atom. The lowest BCUT2D eigenvalue weighted by Crippen LogP contribution is -2.25. The number of aromatic nitrogens is 3. The lowest BCUT2D eigenvalue weighted by Gasteiger charge is -2.09. The molecule has 2 aromatic carbocycles. The van der Waals surface area contributed by atoms with Gasteiger partial charge in [-0.1, -0.05) is 41.1 Å². The van der Waals surface area contributed by atoms with Gasteiger partial charge < -0.3 is 15.2 Å². The van der Waals surface area contributed by atoms with E-state index in [1.807, 2.05) is 36.6 Å². The van der Waals surface area contributed by atoms with Gasteiger partial charge in [0.15, 0.2) is 11.0 Å². The van der Waals surface area contributed by atoms with Gasteiger partial charge in [-0.2, -0.15) is 0 Å². The summed E-state index contributed by atoms with van der Waals surface area (Å²) in [4.78, 5) is 24.7. The highest BCUT2D eigenvalue weighted by Crippen LogP contribution is 2.26. The quantitative estimate of drug-likeness (QED) is 0.419. The molecule has 2 N–H and O–H groups in total. The number of amides is 2. The molecule has 7 nitrogen and oxygen atoms in total. The molecule has 10 heteroatoms. The van der Waals surface area contributed by atoms with E-state index in [4.69, 9.17) is 11.6 Å². The average Bonchev–Trinajstić information content (AvgIpc) is 3.15. The zero-order chi connectivity index (χ0) is 22.4. The molecule has 1 heterocycles. The van der Waals surface area contributed by atoms with Crippen LogP contribution in [0.4, 0.5) is 5.69 Å². The number of rotatable bonds is 8. The summed E-state index contributed by atoms with van der Waals surface area (Å²) in [7, 11) is 0. The van der Waals surface area contributed by atoms with Crippen LogP contribution in [0.5, 0.6) is 0 Å². The van der Waals surface area contributed by atoms with Gasteiger partial charge in [-0.15, -0.1) is 10.2 Å². The van der Waals surface area contributed by atoms with Crippen LogP contribution in [-0.4, -0.2) is 32.3 Å². The van der Waals surface area contributed by atoms with E-state index >= 15 is 0 Å². The Bertz CT molecular complexity index is 1110. The smallest absolute Gasteiger partial charge is 0.251 e. The average molecular weight is 523 g/mol. The fourth-order valence-electron chi connectivity index (χ4n) is 2.82. The molecule has 0 radical (unpaired) electrons. The van der Waals surface area contributed by atoms with E-state index in [9.17, 15) is 9.59 Å². The lowest BCUT2D eigenvalue weighted by atomic mass is 10.1. The van der Waals surface area contributed by atoms with Gasteiger partial charge in [0.2, 0.25) is 5.91 Å². The number of thioether (sulfide) groups is 1. The Balaban J connectivity index is 1.57. The molecule has 0 aliphatic carbocycles. The largest absolute Gasteiger partial charge is 0.345 e. The summed E-state index contributed by atoms with van der Waals surface area (Å²) >= 11 is 10.6. The zero-order valence-electron chi connectivity index (χ0n) is 17.0. The van der Waals surface area contributed by atoms with Crippen LogP contribution in [0, 0.1) is 6.92 Å². The number of carbonyl (C=O) groups excluding carboxylic acids is 2. The molecule has 0 saturated carbocycles. The van der Waals surface area contributed by atoms with Gasteiger partial charge in [0.1, 0.15) is 0 Å². The first-order chi connectivity index (χ1) is 14.9. The van der Waals surface area contributed by atoms with E-state index in [0.717, 1.165) is 5.56 Å². The third-order valence-corrected chi connectivity index (χ3v) is 6.51. The van der Waals surface area contributed by atoms with Crippen molar-refractivity contribution in [3.8, 4) is 0 Å².